The Morgan fingerprint density at radius 3 is 2.28 bits per heavy atom. The molecule has 236 valence electrons. The molecule has 3 aromatic carbocycles. The number of nitrogens with one attached hydrogen (secondary N) is 1. The number of anilines is 1. The van der Waals surface area contributed by atoms with Crippen LogP contribution >= 0.6 is 11.6 Å². The number of imide groups is 2. The minimum Gasteiger partial charge on any atom is -0.491 e. The van der Waals surface area contributed by atoms with Crippen molar-refractivity contribution in [2.75, 3.05) is 18.6 Å². The number of aliphatic hydroxyl groups is 1. The average molecular weight is 646 g/mol. The molecule has 3 N–H and O–H groups in total. The first kappa shape index (κ1) is 30.1. The molecule has 2 aliphatic carbocycles. The first-order valence-corrected chi connectivity index (χ1v) is 15.3. The zero-order chi connectivity index (χ0) is 32.3. The molecule has 0 bridgehead atoms. The van der Waals surface area contributed by atoms with E-state index in [0.29, 0.717) is 27.6 Å². The van der Waals surface area contributed by atoms with Gasteiger partial charge in [0, 0.05) is 10.9 Å². The van der Waals surface area contributed by atoms with Gasteiger partial charge in [-0.05, 0) is 78.4 Å². The lowest BCUT2D eigenvalue weighted by molar-refractivity contribution is -0.173. The van der Waals surface area contributed by atoms with Crippen LogP contribution in [0.2, 0.25) is 5.02 Å². The highest BCUT2D eigenvalue weighted by Crippen LogP contribution is 2.64. The monoisotopic (exact) mass is 645 g/mol. The Morgan fingerprint density at radius 1 is 0.913 bits per heavy atom. The van der Waals surface area contributed by atoms with E-state index < -0.39 is 64.5 Å². The van der Waals surface area contributed by atoms with Crippen LogP contribution in [0.4, 0.5) is 10.1 Å². The van der Waals surface area contributed by atoms with Crippen LogP contribution in [0.25, 0.3) is 0 Å². The van der Waals surface area contributed by atoms with E-state index in [1.54, 1.807) is 48.5 Å². The van der Waals surface area contributed by atoms with Gasteiger partial charge in [-0.3, -0.25) is 29.8 Å². The van der Waals surface area contributed by atoms with Crippen LogP contribution in [0.1, 0.15) is 29.9 Å². The van der Waals surface area contributed by atoms with Crippen molar-refractivity contribution in [1.29, 1.82) is 0 Å². The van der Waals surface area contributed by atoms with Crippen molar-refractivity contribution in [2.45, 2.75) is 24.2 Å². The molecule has 10 nitrogen and oxygen atoms in total. The lowest BCUT2D eigenvalue weighted by atomic mass is 9.49. The standard InChI is InChI=1S/C34H29ClFN3O7/c35-20-5-3-19(4-6-20)34-27(31(42)38(33(34)44)37-22-9-7-21(36)8-10-22)17-26-24(13-14-25-28(26)32(43)39(45)30(25)41)29(34)18-1-11-23(12-2-18)46-16-15-40/h1-13,25-29,37,40,45H,14-17H2. The second kappa shape index (κ2) is 11.3. The third-order valence-electron chi connectivity index (χ3n) is 9.81. The van der Waals surface area contributed by atoms with Crippen LogP contribution in [0.5, 0.6) is 5.75 Å². The van der Waals surface area contributed by atoms with Gasteiger partial charge in [0.25, 0.3) is 23.6 Å². The Balaban J connectivity index is 1.44. The van der Waals surface area contributed by atoms with Gasteiger partial charge in [0.15, 0.2) is 0 Å². The number of amides is 4. The summed E-state index contributed by atoms with van der Waals surface area (Å²) < 4.78 is 19.3. The van der Waals surface area contributed by atoms with Crippen LogP contribution in [0, 0.1) is 29.5 Å². The smallest absolute Gasteiger partial charge is 0.260 e. The molecule has 3 fully saturated rings. The summed E-state index contributed by atoms with van der Waals surface area (Å²) in [6, 6.07) is 19.0. The van der Waals surface area contributed by atoms with Crippen molar-refractivity contribution < 1.29 is 38.6 Å². The number of hydroxylamine groups is 2. The summed E-state index contributed by atoms with van der Waals surface area (Å²) in [5, 5.41) is 21.1. The molecular formula is C34H29ClFN3O7. The number of halogens is 2. The number of rotatable bonds is 7. The highest BCUT2D eigenvalue weighted by atomic mass is 35.5. The Bertz CT molecular complexity index is 1760. The lowest BCUT2D eigenvalue weighted by Gasteiger charge is -2.50. The largest absolute Gasteiger partial charge is 0.491 e. The number of nitrogens with zero attached hydrogens (tertiary/aromatic N) is 2. The maximum absolute atomic E-state index is 15.0. The van der Waals surface area contributed by atoms with E-state index in [0.717, 1.165) is 10.6 Å². The molecule has 4 amide bonds. The molecule has 0 spiro atoms. The second-order valence-corrected chi connectivity index (χ2v) is 12.4. The fraction of sp³-hybridized carbons (Fsp3) is 0.294. The molecule has 4 aliphatic rings. The highest BCUT2D eigenvalue weighted by Gasteiger charge is 2.70. The number of benzene rings is 3. The molecule has 12 heteroatoms. The van der Waals surface area contributed by atoms with Gasteiger partial charge < -0.3 is 9.84 Å². The number of hydrogen-bond donors (Lipinski definition) is 3. The van der Waals surface area contributed by atoms with Crippen molar-refractivity contribution >= 4 is 40.9 Å². The van der Waals surface area contributed by atoms with Crippen LogP contribution in [-0.2, 0) is 24.6 Å². The summed E-state index contributed by atoms with van der Waals surface area (Å²) >= 11 is 6.29. The van der Waals surface area contributed by atoms with Crippen LogP contribution < -0.4 is 10.2 Å². The highest BCUT2D eigenvalue weighted by molar-refractivity contribution is 6.30. The van der Waals surface area contributed by atoms with Crippen LogP contribution in [-0.4, -0.2) is 57.2 Å². The van der Waals surface area contributed by atoms with Gasteiger partial charge in [0.05, 0.1) is 35.5 Å². The predicted octanol–water partition coefficient (Wildman–Crippen LogP) is 4.22. The molecule has 3 aromatic rings. The molecule has 7 rings (SSSR count). The Morgan fingerprint density at radius 2 is 1.61 bits per heavy atom. The molecule has 0 radical (unpaired) electrons. The van der Waals surface area contributed by atoms with E-state index in [-0.39, 0.29) is 31.1 Å². The lowest BCUT2D eigenvalue weighted by Crippen LogP contribution is -2.53. The number of allylic oxidation sites excluding steroid dienone is 2. The summed E-state index contributed by atoms with van der Waals surface area (Å²) in [6.45, 7) is -0.0916. The maximum atomic E-state index is 15.0. The number of carbonyl (C=O) groups is 4. The second-order valence-electron chi connectivity index (χ2n) is 12.0. The van der Waals surface area contributed by atoms with E-state index in [9.17, 15) is 33.9 Å². The third kappa shape index (κ3) is 4.44. The SMILES string of the molecule is O=C1C2CC=C3C(CC4C(=O)N(Nc5ccc(F)cc5)C(=O)C4(c4ccc(Cl)cc4)C3c3ccc(OCCO)cc3)C2C(=O)N1O. The summed E-state index contributed by atoms with van der Waals surface area (Å²) in [7, 11) is 0. The number of aliphatic hydroxyl groups excluding tert-OH is 1. The number of hydrazine groups is 1. The van der Waals surface area contributed by atoms with Gasteiger partial charge in [-0.2, -0.15) is 10.1 Å². The summed E-state index contributed by atoms with van der Waals surface area (Å²) in [6.07, 6.45) is 2.11. The van der Waals surface area contributed by atoms with Gasteiger partial charge in [0.2, 0.25) is 0 Å². The molecule has 46 heavy (non-hydrogen) atoms. The summed E-state index contributed by atoms with van der Waals surface area (Å²) in [4.78, 5) is 55.6. The van der Waals surface area contributed by atoms with Crippen molar-refractivity contribution in [3.05, 3.63) is 106 Å². The van der Waals surface area contributed by atoms with Crippen molar-refractivity contribution in [3.8, 4) is 5.75 Å². The fourth-order valence-electron chi connectivity index (χ4n) is 7.93. The minimum absolute atomic E-state index is 0.0584. The molecule has 6 unspecified atom stereocenters. The Hall–Kier alpha value is -4.58. The molecule has 6 atom stereocenters. The van der Waals surface area contributed by atoms with Crippen LogP contribution in [0.15, 0.2) is 84.4 Å². The topological polar surface area (TPSA) is 136 Å². The summed E-state index contributed by atoms with van der Waals surface area (Å²) in [5.74, 6) is -6.60. The molecule has 1 saturated carbocycles. The van der Waals surface area contributed by atoms with Crippen LogP contribution in [0.3, 0.4) is 0 Å². The zero-order valence-corrected chi connectivity index (χ0v) is 25.1. The molecular weight excluding hydrogens is 617 g/mol. The quantitative estimate of drug-likeness (QED) is 0.197. The van der Waals surface area contributed by atoms with E-state index in [2.05, 4.69) is 5.43 Å². The van der Waals surface area contributed by atoms with Gasteiger partial charge in [-0.25, -0.2) is 4.39 Å². The zero-order valence-electron chi connectivity index (χ0n) is 24.3. The van der Waals surface area contributed by atoms with Crippen molar-refractivity contribution in [3.63, 3.8) is 0 Å². The molecule has 2 heterocycles. The third-order valence-corrected chi connectivity index (χ3v) is 10.1. The fourth-order valence-corrected chi connectivity index (χ4v) is 8.06. The Labute approximate surface area is 267 Å². The number of carbonyl (C=O) groups excluding carboxylic acids is 4. The maximum Gasteiger partial charge on any atom is 0.260 e. The van der Waals surface area contributed by atoms with Crippen molar-refractivity contribution in [1.82, 2.24) is 10.1 Å². The number of ether oxygens (including phenoxy) is 1. The van der Waals surface area contributed by atoms with Gasteiger partial charge >= 0.3 is 0 Å². The minimum atomic E-state index is -1.51. The number of hydrogen-bond acceptors (Lipinski definition) is 8. The molecule has 2 saturated heterocycles. The first-order valence-electron chi connectivity index (χ1n) is 14.9. The van der Waals surface area contributed by atoms with E-state index in [1.807, 2.05) is 6.08 Å². The van der Waals surface area contributed by atoms with Crippen molar-refractivity contribution in [2.24, 2.45) is 23.7 Å². The molecule has 2 aliphatic heterocycles. The molecule has 0 aromatic heterocycles. The van der Waals surface area contributed by atoms with E-state index in [1.165, 1.54) is 24.3 Å². The predicted molar refractivity (Wildman–Crippen MR) is 162 cm³/mol. The van der Waals surface area contributed by atoms with Gasteiger partial charge in [-0.15, -0.1) is 0 Å². The van der Waals surface area contributed by atoms with E-state index >= 15 is 0 Å². The normalized spacial score (nSPS) is 28.5. The Kier molecular flexibility index (Phi) is 7.42. The van der Waals surface area contributed by atoms with Gasteiger partial charge in [-0.1, -0.05) is 47.5 Å². The van der Waals surface area contributed by atoms with Gasteiger partial charge in [0.1, 0.15) is 18.2 Å². The average Bonchev–Trinajstić information content (AvgIpc) is 3.42. The summed E-state index contributed by atoms with van der Waals surface area (Å²) in [5.41, 5.74) is 3.62. The first-order chi connectivity index (χ1) is 22.2. The number of fused-ring (bicyclic) bond motifs is 4. The van der Waals surface area contributed by atoms with E-state index in [4.69, 9.17) is 16.3 Å².